The number of ether oxygens (including phenoxy) is 1. The van der Waals surface area contributed by atoms with Crippen LogP contribution in [0.5, 0.6) is 0 Å². The van der Waals surface area contributed by atoms with Crippen LogP contribution < -0.4 is 0 Å². The number of carbonyl (C=O) groups is 1. The predicted molar refractivity (Wildman–Crippen MR) is 72.6 cm³/mol. The molecule has 2 heterocycles. The van der Waals surface area contributed by atoms with Crippen LogP contribution in [0.1, 0.15) is 60.3 Å². The number of hydrogen-bond acceptors (Lipinski definition) is 4. The van der Waals surface area contributed by atoms with Gasteiger partial charge in [0.25, 0.3) is 0 Å². The Kier molecular flexibility index (Phi) is 3.07. The van der Waals surface area contributed by atoms with Gasteiger partial charge in [-0.1, -0.05) is 5.16 Å². The van der Waals surface area contributed by atoms with E-state index in [1.807, 2.05) is 39.5 Å². The summed E-state index contributed by atoms with van der Waals surface area (Å²) in [6.45, 7) is 9.73. The third-order valence-electron chi connectivity index (χ3n) is 4.17. The molecule has 2 aliphatic rings. The first-order valence-electron chi connectivity index (χ1n) is 6.83. The maximum absolute atomic E-state index is 12.5. The van der Waals surface area contributed by atoms with Crippen molar-refractivity contribution in [2.75, 3.05) is 0 Å². The molecule has 2 atom stereocenters. The van der Waals surface area contributed by atoms with Crippen molar-refractivity contribution < 1.29 is 14.7 Å². The lowest BCUT2D eigenvalue weighted by Gasteiger charge is -2.48. The number of nitrogens with zero attached hydrogens (tertiary/aromatic N) is 2. The molecule has 0 aliphatic carbocycles. The van der Waals surface area contributed by atoms with Crippen molar-refractivity contribution in [1.82, 2.24) is 4.90 Å². The maximum atomic E-state index is 12.5. The van der Waals surface area contributed by atoms with Crippen LogP contribution in [0.15, 0.2) is 5.16 Å². The standard InChI is InChI=1S/C14H24N2O3/c1-12(2,3)19-11(17)16-13(4)6-7-14(16,5)9-10(8-13)15-18/h18H,6-9H2,1-5H3/b15-10-/t13-,14+/m0/s1. The van der Waals surface area contributed by atoms with E-state index < -0.39 is 5.60 Å². The third-order valence-corrected chi connectivity index (χ3v) is 4.17. The molecular weight excluding hydrogens is 244 g/mol. The van der Waals surface area contributed by atoms with Gasteiger partial charge in [-0.15, -0.1) is 0 Å². The van der Waals surface area contributed by atoms with Crippen LogP contribution in [-0.4, -0.2) is 38.6 Å². The van der Waals surface area contributed by atoms with Crippen LogP contribution in [0, 0.1) is 0 Å². The van der Waals surface area contributed by atoms with Gasteiger partial charge in [-0.2, -0.15) is 0 Å². The van der Waals surface area contributed by atoms with Gasteiger partial charge in [-0.3, -0.25) is 4.90 Å². The highest BCUT2D eigenvalue weighted by Crippen LogP contribution is 2.49. The molecule has 108 valence electrons. The minimum absolute atomic E-state index is 0.257. The molecule has 0 aromatic heterocycles. The van der Waals surface area contributed by atoms with Crippen molar-refractivity contribution in [3.8, 4) is 0 Å². The van der Waals surface area contributed by atoms with Crippen LogP contribution in [-0.2, 0) is 4.74 Å². The molecule has 0 saturated carbocycles. The Morgan fingerprint density at radius 2 is 1.74 bits per heavy atom. The van der Waals surface area contributed by atoms with E-state index in [0.717, 1.165) is 18.6 Å². The first-order chi connectivity index (χ1) is 8.60. The van der Waals surface area contributed by atoms with Gasteiger partial charge in [0.1, 0.15) is 5.60 Å². The number of oxime groups is 1. The van der Waals surface area contributed by atoms with E-state index in [9.17, 15) is 4.79 Å². The Hall–Kier alpha value is -1.26. The molecule has 2 bridgehead atoms. The van der Waals surface area contributed by atoms with Crippen molar-refractivity contribution in [3.05, 3.63) is 0 Å². The van der Waals surface area contributed by atoms with Gasteiger partial charge in [0.15, 0.2) is 0 Å². The monoisotopic (exact) mass is 268 g/mol. The van der Waals surface area contributed by atoms with Gasteiger partial charge < -0.3 is 9.94 Å². The Morgan fingerprint density at radius 1 is 1.26 bits per heavy atom. The van der Waals surface area contributed by atoms with E-state index in [1.54, 1.807) is 0 Å². The molecule has 0 aromatic carbocycles. The van der Waals surface area contributed by atoms with Crippen LogP contribution in [0.4, 0.5) is 4.79 Å². The zero-order chi connectivity index (χ0) is 14.5. The van der Waals surface area contributed by atoms with Gasteiger partial charge >= 0.3 is 6.09 Å². The van der Waals surface area contributed by atoms with E-state index in [-0.39, 0.29) is 17.2 Å². The fourth-order valence-electron chi connectivity index (χ4n) is 3.51. The lowest BCUT2D eigenvalue weighted by atomic mass is 9.84. The molecule has 2 aliphatic heterocycles. The summed E-state index contributed by atoms with van der Waals surface area (Å²) in [7, 11) is 0. The molecule has 1 amide bonds. The normalized spacial score (nSPS) is 36.7. The van der Waals surface area contributed by atoms with Crippen molar-refractivity contribution in [3.63, 3.8) is 0 Å². The molecule has 0 spiro atoms. The maximum Gasteiger partial charge on any atom is 0.411 e. The van der Waals surface area contributed by atoms with Gasteiger partial charge in [0.2, 0.25) is 0 Å². The molecule has 2 rings (SSSR count). The number of carbonyl (C=O) groups excluding carboxylic acids is 1. The van der Waals surface area contributed by atoms with Gasteiger partial charge in [-0.25, -0.2) is 4.79 Å². The summed E-state index contributed by atoms with van der Waals surface area (Å²) in [5.41, 5.74) is -0.301. The molecule has 5 nitrogen and oxygen atoms in total. The quantitative estimate of drug-likeness (QED) is 0.542. The highest BCUT2D eigenvalue weighted by molar-refractivity contribution is 5.89. The second-order valence-electron chi connectivity index (χ2n) is 7.33. The first-order valence-corrected chi connectivity index (χ1v) is 6.83. The molecule has 0 unspecified atom stereocenters. The fraction of sp³-hybridized carbons (Fsp3) is 0.857. The van der Waals surface area contributed by atoms with Crippen molar-refractivity contribution >= 4 is 11.8 Å². The average molecular weight is 268 g/mol. The largest absolute Gasteiger partial charge is 0.444 e. The molecule has 2 fully saturated rings. The molecule has 5 heteroatoms. The number of amides is 1. The second kappa shape index (κ2) is 4.12. The summed E-state index contributed by atoms with van der Waals surface area (Å²) in [5, 5.41) is 12.4. The zero-order valence-electron chi connectivity index (χ0n) is 12.5. The summed E-state index contributed by atoms with van der Waals surface area (Å²) in [5.74, 6) is 0. The van der Waals surface area contributed by atoms with Gasteiger partial charge in [-0.05, 0) is 47.5 Å². The lowest BCUT2D eigenvalue weighted by Crippen LogP contribution is -2.60. The smallest absolute Gasteiger partial charge is 0.411 e. The SMILES string of the molecule is CC(C)(C)OC(=O)N1[C@@]2(C)CC[C@]1(C)C/C(=N\O)C2. The third kappa shape index (κ3) is 2.42. The molecule has 1 N–H and O–H groups in total. The molecule has 0 radical (unpaired) electrons. The van der Waals surface area contributed by atoms with E-state index >= 15 is 0 Å². The average Bonchev–Trinajstić information content (AvgIpc) is 2.39. The Balaban J connectivity index is 2.29. The van der Waals surface area contributed by atoms with E-state index in [0.29, 0.717) is 12.8 Å². The molecule has 0 aromatic rings. The van der Waals surface area contributed by atoms with E-state index in [4.69, 9.17) is 9.94 Å². The Labute approximate surface area is 114 Å². The zero-order valence-corrected chi connectivity index (χ0v) is 12.5. The second-order valence-corrected chi connectivity index (χ2v) is 7.33. The summed E-state index contributed by atoms with van der Waals surface area (Å²) in [6.07, 6.45) is 2.83. The highest BCUT2D eigenvalue weighted by atomic mass is 16.6. The molecule has 2 saturated heterocycles. The predicted octanol–water partition coefficient (Wildman–Crippen LogP) is 3.16. The number of rotatable bonds is 0. The highest BCUT2D eigenvalue weighted by Gasteiger charge is 2.57. The first kappa shape index (κ1) is 14.2. The van der Waals surface area contributed by atoms with Crippen LogP contribution in [0.25, 0.3) is 0 Å². The van der Waals surface area contributed by atoms with E-state index in [1.165, 1.54) is 0 Å². The van der Waals surface area contributed by atoms with Gasteiger partial charge in [0, 0.05) is 23.9 Å². The lowest BCUT2D eigenvalue weighted by molar-refractivity contribution is -0.0180. The van der Waals surface area contributed by atoms with Crippen molar-refractivity contribution in [2.24, 2.45) is 5.16 Å². The van der Waals surface area contributed by atoms with Gasteiger partial charge in [0.05, 0.1) is 5.71 Å². The Bertz CT molecular complexity index is 405. The summed E-state index contributed by atoms with van der Waals surface area (Å²) >= 11 is 0. The number of hydrogen-bond donors (Lipinski definition) is 1. The summed E-state index contributed by atoms with van der Waals surface area (Å²) in [6, 6.07) is 0. The van der Waals surface area contributed by atoms with Crippen molar-refractivity contribution in [2.45, 2.75) is 77.0 Å². The Morgan fingerprint density at radius 3 is 2.11 bits per heavy atom. The van der Waals surface area contributed by atoms with E-state index in [2.05, 4.69) is 5.16 Å². The topological polar surface area (TPSA) is 62.1 Å². The number of piperidine rings is 1. The minimum atomic E-state index is -0.491. The summed E-state index contributed by atoms with van der Waals surface area (Å²) < 4.78 is 5.54. The van der Waals surface area contributed by atoms with Crippen LogP contribution >= 0.6 is 0 Å². The number of fused-ring (bicyclic) bond motifs is 2. The molecular formula is C14H24N2O3. The fourth-order valence-corrected chi connectivity index (χ4v) is 3.51. The summed E-state index contributed by atoms with van der Waals surface area (Å²) in [4.78, 5) is 14.4. The van der Waals surface area contributed by atoms with Crippen molar-refractivity contribution in [1.29, 1.82) is 0 Å². The van der Waals surface area contributed by atoms with Crippen LogP contribution in [0.3, 0.4) is 0 Å². The molecule has 19 heavy (non-hydrogen) atoms. The minimum Gasteiger partial charge on any atom is -0.444 e. The van der Waals surface area contributed by atoms with Crippen LogP contribution in [0.2, 0.25) is 0 Å².